The number of aliphatic hydroxyl groups is 1. The predicted molar refractivity (Wildman–Crippen MR) is 99.3 cm³/mol. The zero-order valence-electron chi connectivity index (χ0n) is 14.3. The summed E-state index contributed by atoms with van der Waals surface area (Å²) in [7, 11) is -3.17. The number of benzene rings is 2. The average molecular weight is 360 g/mol. The van der Waals surface area contributed by atoms with Gasteiger partial charge in [-0.25, -0.2) is 8.42 Å². The maximum Gasteiger partial charge on any atom is 0.175 e. The summed E-state index contributed by atoms with van der Waals surface area (Å²) in [5, 5.41) is 13.4. The largest absolute Gasteiger partial charge is 0.392 e. The van der Waals surface area contributed by atoms with Crippen molar-refractivity contribution in [2.24, 2.45) is 0 Å². The number of likely N-dealkylation sites (tertiary alicyclic amines) is 1. The van der Waals surface area contributed by atoms with E-state index in [2.05, 4.69) is 22.3 Å². The van der Waals surface area contributed by atoms with Crippen molar-refractivity contribution in [1.29, 1.82) is 0 Å². The van der Waals surface area contributed by atoms with Crippen LogP contribution in [0.5, 0.6) is 0 Å². The van der Waals surface area contributed by atoms with E-state index in [1.165, 1.54) is 11.8 Å². The van der Waals surface area contributed by atoms with Crippen molar-refractivity contribution in [1.82, 2.24) is 4.90 Å². The van der Waals surface area contributed by atoms with Gasteiger partial charge in [0.05, 0.1) is 11.0 Å². The number of nitrogens with one attached hydrogen (secondary N) is 1. The maximum atomic E-state index is 11.5. The second-order valence-corrected chi connectivity index (χ2v) is 8.65. The third-order valence-electron chi connectivity index (χ3n) is 4.56. The van der Waals surface area contributed by atoms with Crippen LogP contribution in [0.1, 0.15) is 12.0 Å². The van der Waals surface area contributed by atoms with Crippen molar-refractivity contribution >= 4 is 15.5 Å². The van der Waals surface area contributed by atoms with Crippen LogP contribution in [0.15, 0.2) is 59.5 Å². The summed E-state index contributed by atoms with van der Waals surface area (Å²) in [6.45, 7) is 2.20. The molecule has 0 bridgehead atoms. The number of hydrogen-bond acceptors (Lipinski definition) is 5. The lowest BCUT2D eigenvalue weighted by Gasteiger charge is -2.25. The van der Waals surface area contributed by atoms with Crippen LogP contribution in [0.4, 0.5) is 5.69 Å². The van der Waals surface area contributed by atoms with E-state index in [0.717, 1.165) is 18.7 Å². The number of rotatable bonds is 6. The molecule has 2 N–H and O–H groups in total. The van der Waals surface area contributed by atoms with Gasteiger partial charge in [-0.2, -0.15) is 0 Å². The van der Waals surface area contributed by atoms with Crippen LogP contribution in [-0.2, 0) is 16.4 Å². The molecule has 2 aromatic carbocycles. The molecule has 2 aromatic rings. The normalized spacial score (nSPS) is 21.4. The van der Waals surface area contributed by atoms with Crippen molar-refractivity contribution in [3.8, 4) is 0 Å². The Hall–Kier alpha value is -1.89. The number of β-amino-alcohol motifs (C(OH)–C–C–N with tert-alkyl or cyclic N) is 1. The topological polar surface area (TPSA) is 69.6 Å². The fourth-order valence-corrected chi connectivity index (χ4v) is 3.87. The van der Waals surface area contributed by atoms with Crippen molar-refractivity contribution in [3.63, 3.8) is 0 Å². The van der Waals surface area contributed by atoms with Crippen LogP contribution in [0.3, 0.4) is 0 Å². The van der Waals surface area contributed by atoms with Gasteiger partial charge in [0.25, 0.3) is 0 Å². The molecule has 1 saturated heterocycles. The molecule has 3 rings (SSSR count). The minimum absolute atomic E-state index is 0.241. The summed E-state index contributed by atoms with van der Waals surface area (Å²) >= 11 is 0. The summed E-state index contributed by atoms with van der Waals surface area (Å²) in [6.07, 6.45) is 1.64. The number of sulfone groups is 1. The minimum atomic E-state index is -3.17. The highest BCUT2D eigenvalue weighted by atomic mass is 32.2. The van der Waals surface area contributed by atoms with Gasteiger partial charge < -0.3 is 10.4 Å². The molecule has 1 aliphatic heterocycles. The fraction of sp³-hybridized carbons (Fsp3) is 0.368. The molecule has 134 valence electrons. The summed E-state index contributed by atoms with van der Waals surface area (Å²) in [6, 6.07) is 17.3. The van der Waals surface area contributed by atoms with E-state index < -0.39 is 9.84 Å². The van der Waals surface area contributed by atoms with E-state index in [1.54, 1.807) is 24.3 Å². The summed E-state index contributed by atoms with van der Waals surface area (Å²) < 4.78 is 23.0. The molecule has 0 radical (unpaired) electrons. The molecular formula is C19H24N2O3S. The number of hydrogen-bond donors (Lipinski definition) is 2. The summed E-state index contributed by atoms with van der Waals surface area (Å²) in [5.41, 5.74) is 2.12. The lowest BCUT2D eigenvalue weighted by Crippen LogP contribution is -2.34. The highest BCUT2D eigenvalue weighted by Crippen LogP contribution is 2.22. The number of aliphatic hydroxyl groups excluding tert-OH is 1. The van der Waals surface area contributed by atoms with Gasteiger partial charge in [0.1, 0.15) is 0 Å². The van der Waals surface area contributed by atoms with Crippen LogP contribution < -0.4 is 5.32 Å². The van der Waals surface area contributed by atoms with Crippen molar-refractivity contribution in [2.75, 3.05) is 24.7 Å². The maximum absolute atomic E-state index is 11.5. The van der Waals surface area contributed by atoms with E-state index in [4.69, 9.17) is 0 Å². The molecule has 0 aliphatic carbocycles. The Morgan fingerprint density at radius 1 is 1.12 bits per heavy atom. The Balaban J connectivity index is 1.61. The molecule has 0 saturated carbocycles. The summed E-state index contributed by atoms with van der Waals surface area (Å²) in [5.74, 6) is 0. The molecule has 2 atom stereocenters. The van der Waals surface area contributed by atoms with Gasteiger partial charge in [-0.05, 0) is 36.2 Å². The SMILES string of the molecule is CS(=O)(=O)c1ccc(NCC2CC(O)CN2Cc2ccccc2)cc1. The third-order valence-corrected chi connectivity index (χ3v) is 5.69. The molecule has 1 heterocycles. The number of anilines is 1. The second-order valence-electron chi connectivity index (χ2n) is 6.64. The van der Waals surface area contributed by atoms with Gasteiger partial charge in [0, 0.05) is 37.6 Å². The van der Waals surface area contributed by atoms with E-state index in [1.807, 2.05) is 18.2 Å². The number of nitrogens with zero attached hydrogens (tertiary/aromatic N) is 1. The lowest BCUT2D eigenvalue weighted by atomic mass is 10.1. The predicted octanol–water partition coefficient (Wildman–Crippen LogP) is 2.14. The zero-order chi connectivity index (χ0) is 17.9. The van der Waals surface area contributed by atoms with Crippen LogP contribution in [0, 0.1) is 0 Å². The van der Waals surface area contributed by atoms with Gasteiger partial charge in [0.15, 0.2) is 9.84 Å². The van der Waals surface area contributed by atoms with Crippen molar-refractivity contribution in [3.05, 3.63) is 60.2 Å². The first kappa shape index (κ1) is 17.9. The van der Waals surface area contributed by atoms with Gasteiger partial charge in [-0.3, -0.25) is 4.90 Å². The quantitative estimate of drug-likeness (QED) is 0.826. The Morgan fingerprint density at radius 3 is 2.44 bits per heavy atom. The molecule has 0 spiro atoms. The fourth-order valence-electron chi connectivity index (χ4n) is 3.24. The lowest BCUT2D eigenvalue weighted by molar-refractivity contribution is 0.173. The van der Waals surface area contributed by atoms with E-state index in [-0.39, 0.29) is 12.1 Å². The third kappa shape index (κ3) is 4.81. The van der Waals surface area contributed by atoms with Crippen molar-refractivity contribution < 1.29 is 13.5 Å². The second kappa shape index (κ2) is 7.56. The minimum Gasteiger partial charge on any atom is -0.392 e. The molecule has 0 amide bonds. The van der Waals surface area contributed by atoms with Gasteiger partial charge in [0.2, 0.25) is 0 Å². The van der Waals surface area contributed by atoms with E-state index >= 15 is 0 Å². The first-order valence-corrected chi connectivity index (χ1v) is 10.3. The molecule has 5 nitrogen and oxygen atoms in total. The molecular weight excluding hydrogens is 336 g/mol. The molecule has 2 unspecified atom stereocenters. The van der Waals surface area contributed by atoms with E-state index in [9.17, 15) is 13.5 Å². The first-order chi connectivity index (χ1) is 11.9. The van der Waals surface area contributed by atoms with Crippen LogP contribution >= 0.6 is 0 Å². The monoisotopic (exact) mass is 360 g/mol. The highest BCUT2D eigenvalue weighted by molar-refractivity contribution is 7.90. The van der Waals surface area contributed by atoms with Crippen LogP contribution in [0.25, 0.3) is 0 Å². The van der Waals surface area contributed by atoms with Gasteiger partial charge in [-0.1, -0.05) is 30.3 Å². The average Bonchev–Trinajstić information content (AvgIpc) is 2.93. The zero-order valence-corrected chi connectivity index (χ0v) is 15.1. The standard InChI is InChI=1S/C19H24N2O3S/c1-25(23,24)19-9-7-16(8-10-19)20-12-17-11-18(22)14-21(17)13-15-5-3-2-4-6-15/h2-10,17-18,20,22H,11-14H2,1H3. The van der Waals surface area contributed by atoms with E-state index in [0.29, 0.717) is 18.0 Å². The molecule has 1 aliphatic rings. The van der Waals surface area contributed by atoms with Gasteiger partial charge >= 0.3 is 0 Å². The van der Waals surface area contributed by atoms with Crippen LogP contribution in [-0.4, -0.2) is 49.9 Å². The Morgan fingerprint density at radius 2 is 1.80 bits per heavy atom. The Kier molecular flexibility index (Phi) is 5.42. The molecule has 25 heavy (non-hydrogen) atoms. The van der Waals surface area contributed by atoms with Crippen LogP contribution in [0.2, 0.25) is 0 Å². The molecule has 0 aromatic heterocycles. The summed E-state index contributed by atoms with van der Waals surface area (Å²) in [4.78, 5) is 2.61. The van der Waals surface area contributed by atoms with Crippen molar-refractivity contribution in [2.45, 2.75) is 30.0 Å². The molecule has 1 fully saturated rings. The van der Waals surface area contributed by atoms with Gasteiger partial charge in [-0.15, -0.1) is 0 Å². The smallest absolute Gasteiger partial charge is 0.175 e. The Bertz CT molecular complexity index is 791. The highest BCUT2D eigenvalue weighted by Gasteiger charge is 2.30. The Labute approximate surface area is 149 Å². The first-order valence-electron chi connectivity index (χ1n) is 8.42. The molecule has 6 heteroatoms.